The van der Waals surface area contributed by atoms with Gasteiger partial charge in [-0.15, -0.1) is 0 Å². The van der Waals surface area contributed by atoms with Crippen molar-refractivity contribution >= 4 is 34.3 Å². The highest BCUT2D eigenvalue weighted by atomic mass is 35.5. The molecule has 0 fully saturated rings. The molecule has 206 valence electrons. The van der Waals surface area contributed by atoms with Gasteiger partial charge < -0.3 is 20.1 Å². The normalized spacial score (nSPS) is 11.9. The van der Waals surface area contributed by atoms with Gasteiger partial charge in [0.15, 0.2) is 11.5 Å². The van der Waals surface area contributed by atoms with E-state index in [-0.39, 0.29) is 45.2 Å². The molecule has 11 heteroatoms. The zero-order valence-corrected chi connectivity index (χ0v) is 22.3. The zero-order valence-electron chi connectivity index (χ0n) is 21.5. The van der Waals surface area contributed by atoms with Crippen LogP contribution in [-0.2, 0) is 35.8 Å². The summed E-state index contributed by atoms with van der Waals surface area (Å²) in [7, 11) is 0. The molecule has 0 radical (unpaired) electrons. The van der Waals surface area contributed by atoms with Gasteiger partial charge in [0.05, 0.1) is 10.9 Å². The first-order valence-corrected chi connectivity index (χ1v) is 13.2. The standard InChI is InChI=1S/C29H27ClN4O6/c30-22-8-3-1-6-20(22)16-32-27(36)17-34-23-9-4-2-7-21(23)28(37)33(29(34)38)13-5-10-26(35)31-15-19-11-12-24-25(14-19)40-18-39-24/h1-4,6-9,11-12,14H,5,10,13,15-18H2,(H,31,35)(H,32,36). The molecular weight excluding hydrogens is 536 g/mol. The average Bonchev–Trinajstić information content (AvgIpc) is 3.43. The fraction of sp³-hybridized carbons (Fsp3) is 0.241. The van der Waals surface area contributed by atoms with Crippen molar-refractivity contribution in [3.05, 3.63) is 104 Å². The molecule has 0 atom stereocenters. The van der Waals surface area contributed by atoms with E-state index in [9.17, 15) is 19.2 Å². The molecule has 1 aliphatic heterocycles. The first kappa shape index (κ1) is 27.0. The largest absolute Gasteiger partial charge is 0.454 e. The molecule has 4 aromatic rings. The van der Waals surface area contributed by atoms with Crippen molar-refractivity contribution in [3.63, 3.8) is 0 Å². The number of para-hydroxylation sites is 1. The van der Waals surface area contributed by atoms with Crippen LogP contribution >= 0.6 is 11.6 Å². The Morgan fingerprint density at radius 2 is 1.60 bits per heavy atom. The van der Waals surface area contributed by atoms with Crippen molar-refractivity contribution in [2.75, 3.05) is 6.79 Å². The quantitative estimate of drug-likeness (QED) is 0.307. The molecule has 0 aliphatic carbocycles. The lowest BCUT2D eigenvalue weighted by atomic mass is 10.2. The van der Waals surface area contributed by atoms with Gasteiger partial charge in [-0.2, -0.15) is 0 Å². The minimum Gasteiger partial charge on any atom is -0.454 e. The number of halogens is 1. The first-order chi connectivity index (χ1) is 19.4. The predicted octanol–water partition coefficient (Wildman–Crippen LogP) is 2.96. The summed E-state index contributed by atoms with van der Waals surface area (Å²) >= 11 is 6.17. The minimum absolute atomic E-state index is 0.0290. The van der Waals surface area contributed by atoms with E-state index in [0.29, 0.717) is 34.0 Å². The van der Waals surface area contributed by atoms with Crippen LogP contribution < -0.4 is 31.4 Å². The molecule has 2 N–H and O–H groups in total. The van der Waals surface area contributed by atoms with Gasteiger partial charge >= 0.3 is 5.69 Å². The van der Waals surface area contributed by atoms with Gasteiger partial charge in [0.1, 0.15) is 6.54 Å². The van der Waals surface area contributed by atoms with E-state index >= 15 is 0 Å². The number of nitrogens with one attached hydrogen (secondary N) is 2. The second-order valence-corrected chi connectivity index (χ2v) is 9.69. The maximum Gasteiger partial charge on any atom is 0.331 e. The fourth-order valence-corrected chi connectivity index (χ4v) is 4.70. The van der Waals surface area contributed by atoms with Gasteiger partial charge in [-0.3, -0.25) is 23.5 Å². The van der Waals surface area contributed by atoms with Crippen molar-refractivity contribution in [3.8, 4) is 11.5 Å². The SMILES string of the molecule is O=C(CCCn1c(=O)c2ccccc2n(CC(=O)NCc2ccccc2Cl)c1=O)NCc1ccc2c(c1)OCO2. The van der Waals surface area contributed by atoms with Gasteiger partial charge in [-0.1, -0.05) is 48.0 Å². The van der Waals surface area contributed by atoms with E-state index < -0.39 is 17.2 Å². The third-order valence-corrected chi connectivity index (χ3v) is 6.95. The molecule has 1 aliphatic rings. The number of aromatic nitrogens is 2. The number of ether oxygens (including phenoxy) is 2. The van der Waals surface area contributed by atoms with Crippen LogP contribution in [0, 0.1) is 0 Å². The van der Waals surface area contributed by atoms with Gasteiger partial charge in [-0.25, -0.2) is 4.79 Å². The number of carbonyl (C=O) groups excluding carboxylic acids is 2. The summed E-state index contributed by atoms with van der Waals surface area (Å²) < 4.78 is 13.0. The summed E-state index contributed by atoms with van der Waals surface area (Å²) in [5.74, 6) is 0.682. The van der Waals surface area contributed by atoms with Crippen molar-refractivity contribution < 1.29 is 19.1 Å². The Labute approximate surface area is 234 Å². The lowest BCUT2D eigenvalue weighted by Crippen LogP contribution is -2.42. The molecule has 2 amide bonds. The summed E-state index contributed by atoms with van der Waals surface area (Å²) in [5.41, 5.74) is 0.894. The Kier molecular flexibility index (Phi) is 8.16. The van der Waals surface area contributed by atoms with Crippen LogP contribution in [0.1, 0.15) is 24.0 Å². The number of hydrogen-bond acceptors (Lipinski definition) is 6. The van der Waals surface area contributed by atoms with E-state index in [2.05, 4.69) is 10.6 Å². The smallest absolute Gasteiger partial charge is 0.331 e. The van der Waals surface area contributed by atoms with Gasteiger partial charge in [0, 0.05) is 31.1 Å². The molecular formula is C29H27ClN4O6. The lowest BCUT2D eigenvalue weighted by Gasteiger charge is -2.14. The van der Waals surface area contributed by atoms with Gasteiger partial charge in [0.25, 0.3) is 5.56 Å². The van der Waals surface area contributed by atoms with Crippen LogP contribution in [0.3, 0.4) is 0 Å². The van der Waals surface area contributed by atoms with Crippen molar-refractivity contribution in [2.24, 2.45) is 0 Å². The molecule has 5 rings (SSSR count). The summed E-state index contributed by atoms with van der Waals surface area (Å²) in [5, 5.41) is 6.45. The number of hydrogen-bond donors (Lipinski definition) is 2. The highest BCUT2D eigenvalue weighted by Crippen LogP contribution is 2.32. The Hall–Kier alpha value is -4.57. The van der Waals surface area contributed by atoms with Gasteiger partial charge in [0.2, 0.25) is 18.6 Å². The highest BCUT2D eigenvalue weighted by Gasteiger charge is 2.16. The zero-order chi connectivity index (χ0) is 28.1. The number of nitrogens with zero attached hydrogens (tertiary/aromatic N) is 2. The molecule has 0 unspecified atom stereocenters. The Balaban J connectivity index is 1.24. The molecule has 0 saturated heterocycles. The molecule has 0 saturated carbocycles. The van der Waals surface area contributed by atoms with Crippen LogP contribution in [0.25, 0.3) is 10.9 Å². The number of benzene rings is 3. The van der Waals surface area contributed by atoms with Crippen LogP contribution in [0.15, 0.2) is 76.3 Å². The maximum absolute atomic E-state index is 13.3. The van der Waals surface area contributed by atoms with E-state index in [1.165, 1.54) is 4.57 Å². The summed E-state index contributed by atoms with van der Waals surface area (Å²) in [4.78, 5) is 51.7. The first-order valence-electron chi connectivity index (χ1n) is 12.8. The van der Waals surface area contributed by atoms with Crippen LogP contribution in [0.4, 0.5) is 0 Å². The number of fused-ring (bicyclic) bond motifs is 2. The Morgan fingerprint density at radius 3 is 2.45 bits per heavy atom. The average molecular weight is 563 g/mol. The Morgan fingerprint density at radius 1 is 0.850 bits per heavy atom. The van der Waals surface area contributed by atoms with Crippen molar-refractivity contribution in [1.82, 2.24) is 19.8 Å². The predicted molar refractivity (Wildman–Crippen MR) is 149 cm³/mol. The molecule has 2 heterocycles. The van der Waals surface area contributed by atoms with E-state index in [1.54, 1.807) is 48.5 Å². The van der Waals surface area contributed by atoms with E-state index in [4.69, 9.17) is 21.1 Å². The molecule has 3 aromatic carbocycles. The van der Waals surface area contributed by atoms with E-state index in [0.717, 1.165) is 15.7 Å². The lowest BCUT2D eigenvalue weighted by molar-refractivity contribution is -0.122. The third kappa shape index (κ3) is 6.02. The highest BCUT2D eigenvalue weighted by molar-refractivity contribution is 6.31. The third-order valence-electron chi connectivity index (χ3n) is 6.58. The molecule has 0 bridgehead atoms. The molecule has 0 spiro atoms. The van der Waals surface area contributed by atoms with Crippen LogP contribution in [0.5, 0.6) is 11.5 Å². The Bertz CT molecular complexity index is 1700. The second kappa shape index (κ2) is 12.1. The van der Waals surface area contributed by atoms with Crippen molar-refractivity contribution in [2.45, 2.75) is 39.0 Å². The molecule has 10 nitrogen and oxygen atoms in total. The topological polar surface area (TPSA) is 121 Å². The van der Waals surface area contributed by atoms with Crippen molar-refractivity contribution in [1.29, 1.82) is 0 Å². The van der Waals surface area contributed by atoms with E-state index in [1.807, 2.05) is 18.2 Å². The number of carbonyl (C=O) groups is 2. The molecule has 1 aromatic heterocycles. The monoisotopic (exact) mass is 562 g/mol. The number of rotatable bonds is 10. The summed E-state index contributed by atoms with van der Waals surface area (Å²) in [6.07, 6.45) is 0.376. The minimum atomic E-state index is -0.614. The summed E-state index contributed by atoms with van der Waals surface area (Å²) in [6.45, 7) is 0.434. The maximum atomic E-state index is 13.3. The number of amides is 2. The fourth-order valence-electron chi connectivity index (χ4n) is 4.49. The second-order valence-electron chi connectivity index (χ2n) is 9.28. The van der Waals surface area contributed by atoms with Crippen LogP contribution in [-0.4, -0.2) is 27.7 Å². The van der Waals surface area contributed by atoms with Gasteiger partial charge in [-0.05, 0) is 47.9 Å². The van der Waals surface area contributed by atoms with Crippen LogP contribution in [0.2, 0.25) is 5.02 Å². The summed E-state index contributed by atoms with van der Waals surface area (Å²) in [6, 6.07) is 19.2. The molecule has 40 heavy (non-hydrogen) atoms.